The van der Waals surface area contributed by atoms with Gasteiger partial charge in [-0.3, -0.25) is 9.69 Å². The molecule has 0 aromatic heterocycles. The highest BCUT2D eigenvalue weighted by Gasteiger charge is 2.29. The summed E-state index contributed by atoms with van der Waals surface area (Å²) in [6, 6.07) is -0.0765. The van der Waals surface area contributed by atoms with Crippen LogP contribution in [0.25, 0.3) is 0 Å². The Balaban J connectivity index is 2.74. The lowest BCUT2D eigenvalue weighted by atomic mass is 10.0. The van der Waals surface area contributed by atoms with Crippen LogP contribution >= 0.6 is 0 Å². The van der Waals surface area contributed by atoms with E-state index in [0.29, 0.717) is 6.42 Å². The van der Waals surface area contributed by atoms with Crippen molar-refractivity contribution in [2.45, 2.75) is 52.2 Å². The molecule has 0 radical (unpaired) electrons. The summed E-state index contributed by atoms with van der Waals surface area (Å²) < 4.78 is 5.27. The van der Waals surface area contributed by atoms with Gasteiger partial charge in [0.05, 0.1) is 0 Å². The molecule has 1 aliphatic rings. The standard InChI is InChI=1S/C12H19NO3/c1-5-9-8-10(14)6-7-13(9)11(15)16-12(2,3)4/h6-7,9H,5,8H2,1-4H3/t9-/m0/s1. The maximum absolute atomic E-state index is 11.8. The second-order valence-electron chi connectivity index (χ2n) is 4.94. The van der Waals surface area contributed by atoms with Gasteiger partial charge >= 0.3 is 6.09 Å². The van der Waals surface area contributed by atoms with Gasteiger partial charge < -0.3 is 4.74 Å². The summed E-state index contributed by atoms with van der Waals surface area (Å²) in [5.41, 5.74) is -0.509. The summed E-state index contributed by atoms with van der Waals surface area (Å²) in [6.45, 7) is 7.43. The largest absolute Gasteiger partial charge is 0.443 e. The maximum atomic E-state index is 11.8. The number of carbonyl (C=O) groups is 2. The van der Waals surface area contributed by atoms with Gasteiger partial charge in [0.2, 0.25) is 0 Å². The number of amides is 1. The first-order chi connectivity index (χ1) is 7.33. The topological polar surface area (TPSA) is 46.6 Å². The van der Waals surface area contributed by atoms with Crippen LogP contribution < -0.4 is 0 Å². The van der Waals surface area contributed by atoms with Gasteiger partial charge in [-0.15, -0.1) is 0 Å². The monoisotopic (exact) mass is 225 g/mol. The zero-order valence-corrected chi connectivity index (χ0v) is 10.3. The molecule has 0 saturated heterocycles. The van der Waals surface area contributed by atoms with E-state index in [0.717, 1.165) is 6.42 Å². The predicted molar refractivity (Wildman–Crippen MR) is 60.9 cm³/mol. The van der Waals surface area contributed by atoms with Gasteiger partial charge in [0.1, 0.15) is 5.60 Å². The third-order valence-electron chi connectivity index (χ3n) is 2.33. The Kier molecular flexibility index (Phi) is 3.73. The SMILES string of the molecule is CC[C@H]1CC(=O)C=CN1C(=O)OC(C)(C)C. The van der Waals surface area contributed by atoms with Crippen molar-refractivity contribution in [2.75, 3.05) is 0 Å². The summed E-state index contributed by atoms with van der Waals surface area (Å²) in [6.07, 6.45) is 3.69. The first-order valence-electron chi connectivity index (χ1n) is 5.56. The third kappa shape index (κ3) is 3.36. The van der Waals surface area contributed by atoms with E-state index in [1.54, 1.807) is 0 Å². The maximum Gasteiger partial charge on any atom is 0.414 e. The quantitative estimate of drug-likeness (QED) is 0.688. The third-order valence-corrected chi connectivity index (χ3v) is 2.33. The predicted octanol–water partition coefficient (Wildman–Crippen LogP) is 2.49. The minimum Gasteiger partial charge on any atom is -0.443 e. The van der Waals surface area contributed by atoms with Crippen molar-refractivity contribution < 1.29 is 14.3 Å². The van der Waals surface area contributed by atoms with E-state index in [9.17, 15) is 9.59 Å². The second-order valence-corrected chi connectivity index (χ2v) is 4.94. The Morgan fingerprint density at radius 2 is 2.19 bits per heavy atom. The molecule has 0 bridgehead atoms. The number of hydrogen-bond acceptors (Lipinski definition) is 3. The van der Waals surface area contributed by atoms with Gasteiger partial charge in [-0.05, 0) is 33.3 Å². The summed E-state index contributed by atoms with van der Waals surface area (Å²) in [4.78, 5) is 24.6. The number of carbonyl (C=O) groups excluding carboxylic acids is 2. The van der Waals surface area contributed by atoms with E-state index in [1.165, 1.54) is 17.2 Å². The van der Waals surface area contributed by atoms with Gasteiger partial charge in [-0.2, -0.15) is 0 Å². The fraction of sp³-hybridized carbons (Fsp3) is 0.667. The summed E-state index contributed by atoms with van der Waals surface area (Å²) in [5, 5.41) is 0. The molecule has 1 atom stereocenters. The molecule has 0 spiro atoms. The Morgan fingerprint density at radius 3 is 2.69 bits per heavy atom. The fourth-order valence-electron chi connectivity index (χ4n) is 1.55. The lowest BCUT2D eigenvalue weighted by molar-refractivity contribution is -0.116. The van der Waals surface area contributed by atoms with Gasteiger partial charge in [-0.1, -0.05) is 6.92 Å². The van der Waals surface area contributed by atoms with Crippen LogP contribution in [0.15, 0.2) is 12.3 Å². The average molecular weight is 225 g/mol. The molecule has 16 heavy (non-hydrogen) atoms. The molecule has 1 aliphatic heterocycles. The van der Waals surface area contributed by atoms with E-state index >= 15 is 0 Å². The second kappa shape index (κ2) is 4.68. The molecular formula is C12H19NO3. The Morgan fingerprint density at radius 1 is 1.56 bits per heavy atom. The summed E-state index contributed by atoms with van der Waals surface area (Å²) >= 11 is 0. The number of hydrogen-bond donors (Lipinski definition) is 0. The molecule has 0 fully saturated rings. The molecule has 0 aromatic rings. The van der Waals surface area contributed by atoms with Gasteiger partial charge in [-0.25, -0.2) is 4.79 Å². The zero-order chi connectivity index (χ0) is 12.3. The summed E-state index contributed by atoms with van der Waals surface area (Å²) in [5.74, 6) is 0.0617. The van der Waals surface area contributed by atoms with Gasteiger partial charge in [0.25, 0.3) is 0 Å². The molecule has 0 saturated carbocycles. The molecule has 1 rings (SSSR count). The number of ether oxygens (including phenoxy) is 1. The molecule has 1 amide bonds. The molecule has 0 aromatic carbocycles. The first kappa shape index (κ1) is 12.7. The normalized spacial score (nSPS) is 21.1. The smallest absolute Gasteiger partial charge is 0.414 e. The first-order valence-corrected chi connectivity index (χ1v) is 5.56. The van der Waals surface area contributed by atoms with Crippen molar-refractivity contribution in [1.29, 1.82) is 0 Å². The van der Waals surface area contributed by atoms with E-state index < -0.39 is 5.60 Å². The number of rotatable bonds is 1. The fourth-order valence-corrected chi connectivity index (χ4v) is 1.55. The van der Waals surface area contributed by atoms with Crippen LogP contribution in [0.1, 0.15) is 40.5 Å². The van der Waals surface area contributed by atoms with Crippen molar-refractivity contribution >= 4 is 11.9 Å². The molecule has 0 unspecified atom stereocenters. The Labute approximate surface area is 96.3 Å². The van der Waals surface area contributed by atoms with Gasteiger partial charge in [0.15, 0.2) is 5.78 Å². The minimum atomic E-state index is -0.509. The van der Waals surface area contributed by atoms with Crippen LogP contribution in [0.4, 0.5) is 4.79 Å². The van der Waals surface area contributed by atoms with E-state index in [4.69, 9.17) is 4.74 Å². The van der Waals surface area contributed by atoms with Crippen molar-refractivity contribution in [1.82, 2.24) is 4.90 Å². The van der Waals surface area contributed by atoms with Crippen LogP contribution in [0, 0.1) is 0 Å². The highest BCUT2D eigenvalue weighted by molar-refractivity contribution is 5.92. The molecule has 0 aliphatic carbocycles. The highest BCUT2D eigenvalue weighted by atomic mass is 16.6. The van der Waals surface area contributed by atoms with Crippen LogP contribution in [0.5, 0.6) is 0 Å². The van der Waals surface area contributed by atoms with Crippen LogP contribution in [-0.2, 0) is 9.53 Å². The lowest BCUT2D eigenvalue weighted by Gasteiger charge is -2.32. The zero-order valence-electron chi connectivity index (χ0n) is 10.3. The van der Waals surface area contributed by atoms with E-state index in [1.807, 2.05) is 27.7 Å². The van der Waals surface area contributed by atoms with E-state index in [2.05, 4.69) is 0 Å². The number of ketones is 1. The molecule has 4 nitrogen and oxygen atoms in total. The molecule has 0 N–H and O–H groups in total. The average Bonchev–Trinajstić information content (AvgIpc) is 2.14. The van der Waals surface area contributed by atoms with Crippen molar-refractivity contribution in [3.63, 3.8) is 0 Å². The van der Waals surface area contributed by atoms with Crippen LogP contribution in [0.2, 0.25) is 0 Å². The molecule has 90 valence electrons. The molecule has 1 heterocycles. The van der Waals surface area contributed by atoms with E-state index in [-0.39, 0.29) is 17.9 Å². The Hall–Kier alpha value is -1.32. The lowest BCUT2D eigenvalue weighted by Crippen LogP contribution is -2.42. The molecular weight excluding hydrogens is 206 g/mol. The number of nitrogens with zero attached hydrogens (tertiary/aromatic N) is 1. The van der Waals surface area contributed by atoms with Crippen molar-refractivity contribution in [3.05, 3.63) is 12.3 Å². The minimum absolute atomic E-state index is 0.0617. The van der Waals surface area contributed by atoms with Crippen molar-refractivity contribution in [3.8, 4) is 0 Å². The summed E-state index contributed by atoms with van der Waals surface area (Å²) in [7, 11) is 0. The van der Waals surface area contributed by atoms with Gasteiger partial charge in [0, 0.05) is 18.7 Å². The Bertz CT molecular complexity index is 315. The van der Waals surface area contributed by atoms with Crippen LogP contribution in [0.3, 0.4) is 0 Å². The number of allylic oxidation sites excluding steroid dienone is 1. The van der Waals surface area contributed by atoms with Crippen LogP contribution in [-0.4, -0.2) is 28.4 Å². The highest BCUT2D eigenvalue weighted by Crippen LogP contribution is 2.19. The molecule has 4 heteroatoms. The van der Waals surface area contributed by atoms with Crippen molar-refractivity contribution in [2.24, 2.45) is 0 Å².